The van der Waals surface area contributed by atoms with Gasteiger partial charge in [0.05, 0.1) is 17.6 Å². The normalized spacial score (nSPS) is 10.7. The summed E-state index contributed by atoms with van der Waals surface area (Å²) in [7, 11) is 0. The molecule has 2 heterocycles. The SMILES string of the molecule is Cc1ccccc1NC(=O)Cc1nc(COC(=O)c2ccc3ccccc3n2)cs1. The lowest BCUT2D eigenvalue weighted by Crippen LogP contribution is -2.15. The van der Waals surface area contributed by atoms with Crippen LogP contribution in [-0.2, 0) is 22.6 Å². The van der Waals surface area contributed by atoms with E-state index in [-0.39, 0.29) is 24.6 Å². The van der Waals surface area contributed by atoms with Crippen LogP contribution in [0.2, 0.25) is 0 Å². The maximum absolute atomic E-state index is 12.3. The lowest BCUT2D eigenvalue weighted by atomic mass is 10.2. The first-order chi connectivity index (χ1) is 14.6. The summed E-state index contributed by atoms with van der Waals surface area (Å²) in [6, 6.07) is 18.7. The number of ether oxygens (including phenoxy) is 1. The van der Waals surface area contributed by atoms with E-state index in [4.69, 9.17) is 4.74 Å². The Morgan fingerprint density at radius 3 is 2.67 bits per heavy atom. The van der Waals surface area contributed by atoms with Gasteiger partial charge in [0, 0.05) is 16.5 Å². The molecule has 0 radical (unpaired) electrons. The van der Waals surface area contributed by atoms with Crippen LogP contribution in [0.4, 0.5) is 5.69 Å². The summed E-state index contributed by atoms with van der Waals surface area (Å²) in [6.07, 6.45) is 0.166. The van der Waals surface area contributed by atoms with Crippen molar-refractivity contribution in [3.05, 3.63) is 88.0 Å². The molecule has 0 bridgehead atoms. The number of amides is 1. The number of hydrogen-bond donors (Lipinski definition) is 1. The van der Waals surface area contributed by atoms with Crippen molar-refractivity contribution in [1.29, 1.82) is 0 Å². The fourth-order valence-electron chi connectivity index (χ4n) is 2.93. The molecule has 2 aromatic carbocycles. The van der Waals surface area contributed by atoms with E-state index in [9.17, 15) is 9.59 Å². The van der Waals surface area contributed by atoms with Gasteiger partial charge in [-0.2, -0.15) is 0 Å². The van der Waals surface area contributed by atoms with E-state index in [0.717, 1.165) is 22.2 Å². The molecule has 0 aliphatic rings. The number of nitrogens with zero attached hydrogens (tertiary/aromatic N) is 2. The van der Waals surface area contributed by atoms with Gasteiger partial charge in [-0.3, -0.25) is 4.79 Å². The largest absolute Gasteiger partial charge is 0.454 e. The van der Waals surface area contributed by atoms with Gasteiger partial charge in [0.2, 0.25) is 5.91 Å². The average molecular weight is 417 g/mol. The van der Waals surface area contributed by atoms with Crippen molar-refractivity contribution in [2.45, 2.75) is 20.0 Å². The number of thiazole rings is 1. The number of benzene rings is 2. The highest BCUT2D eigenvalue weighted by atomic mass is 32.1. The molecular formula is C23H19N3O3S. The van der Waals surface area contributed by atoms with Crippen LogP contribution in [0.25, 0.3) is 10.9 Å². The van der Waals surface area contributed by atoms with Crippen LogP contribution in [-0.4, -0.2) is 21.8 Å². The molecule has 1 amide bonds. The number of esters is 1. The first-order valence-corrected chi connectivity index (χ1v) is 10.3. The molecule has 0 atom stereocenters. The first kappa shape index (κ1) is 19.7. The van der Waals surface area contributed by atoms with Crippen molar-refractivity contribution in [2.75, 3.05) is 5.32 Å². The molecule has 4 rings (SSSR count). The second-order valence-corrected chi connectivity index (χ2v) is 7.68. The Balaban J connectivity index is 1.33. The third-order valence-electron chi connectivity index (χ3n) is 4.49. The summed E-state index contributed by atoms with van der Waals surface area (Å²) in [5.74, 6) is -0.643. The van der Waals surface area contributed by atoms with Crippen molar-refractivity contribution in [1.82, 2.24) is 9.97 Å². The summed E-state index contributed by atoms with van der Waals surface area (Å²) < 4.78 is 5.33. The molecule has 6 nitrogen and oxygen atoms in total. The Kier molecular flexibility index (Phi) is 5.81. The minimum Gasteiger partial charge on any atom is -0.454 e. The number of hydrogen-bond acceptors (Lipinski definition) is 6. The van der Waals surface area contributed by atoms with Crippen molar-refractivity contribution in [3.8, 4) is 0 Å². The number of fused-ring (bicyclic) bond motifs is 1. The van der Waals surface area contributed by atoms with E-state index in [2.05, 4.69) is 15.3 Å². The van der Waals surface area contributed by atoms with Crippen LogP contribution in [0, 0.1) is 6.92 Å². The number of nitrogens with one attached hydrogen (secondary N) is 1. The predicted octanol–water partition coefficient (Wildman–Crippen LogP) is 4.54. The van der Waals surface area contributed by atoms with Gasteiger partial charge in [0.15, 0.2) is 0 Å². The Morgan fingerprint density at radius 2 is 1.80 bits per heavy atom. The van der Waals surface area contributed by atoms with Gasteiger partial charge in [0.1, 0.15) is 17.3 Å². The molecule has 0 saturated carbocycles. The topological polar surface area (TPSA) is 81.2 Å². The van der Waals surface area contributed by atoms with E-state index in [1.165, 1.54) is 11.3 Å². The van der Waals surface area contributed by atoms with Crippen molar-refractivity contribution < 1.29 is 14.3 Å². The molecule has 0 spiro atoms. The molecule has 0 fully saturated rings. The maximum atomic E-state index is 12.3. The van der Waals surface area contributed by atoms with E-state index in [0.29, 0.717) is 10.7 Å². The summed E-state index contributed by atoms with van der Waals surface area (Å²) in [5, 5.41) is 6.30. The van der Waals surface area contributed by atoms with Crippen LogP contribution in [0.5, 0.6) is 0 Å². The number of aryl methyl sites for hydroxylation is 1. The zero-order valence-electron chi connectivity index (χ0n) is 16.3. The zero-order valence-corrected chi connectivity index (χ0v) is 17.1. The number of aromatic nitrogens is 2. The van der Waals surface area contributed by atoms with Crippen LogP contribution in [0.1, 0.15) is 26.8 Å². The third kappa shape index (κ3) is 4.69. The predicted molar refractivity (Wildman–Crippen MR) is 116 cm³/mol. The van der Waals surface area contributed by atoms with E-state index in [1.807, 2.05) is 61.5 Å². The second-order valence-electron chi connectivity index (χ2n) is 6.74. The summed E-state index contributed by atoms with van der Waals surface area (Å²) in [5.41, 5.74) is 3.38. The number of carbonyl (C=O) groups excluding carboxylic acids is 2. The summed E-state index contributed by atoms with van der Waals surface area (Å²) >= 11 is 1.36. The fourth-order valence-corrected chi connectivity index (χ4v) is 3.71. The van der Waals surface area contributed by atoms with E-state index >= 15 is 0 Å². The van der Waals surface area contributed by atoms with Gasteiger partial charge in [-0.25, -0.2) is 14.8 Å². The average Bonchev–Trinajstić information content (AvgIpc) is 3.20. The highest BCUT2D eigenvalue weighted by molar-refractivity contribution is 7.09. The number of anilines is 1. The molecule has 7 heteroatoms. The van der Waals surface area contributed by atoms with Gasteiger partial charge in [0.25, 0.3) is 0 Å². The van der Waals surface area contributed by atoms with Crippen molar-refractivity contribution >= 4 is 39.8 Å². The van der Waals surface area contributed by atoms with Crippen LogP contribution in [0.15, 0.2) is 66.0 Å². The molecule has 1 N–H and O–H groups in total. The molecule has 30 heavy (non-hydrogen) atoms. The molecule has 0 aliphatic heterocycles. The van der Waals surface area contributed by atoms with Gasteiger partial charge in [-0.1, -0.05) is 42.5 Å². The molecule has 0 saturated heterocycles. The van der Waals surface area contributed by atoms with Crippen molar-refractivity contribution in [2.24, 2.45) is 0 Å². The standard InChI is InChI=1S/C23H19N3O3S/c1-15-6-2-4-8-18(15)26-21(27)12-22-24-17(14-30-22)13-29-23(28)20-11-10-16-7-3-5-9-19(16)25-20/h2-11,14H,12-13H2,1H3,(H,26,27). The minimum absolute atomic E-state index is 0.0310. The lowest BCUT2D eigenvalue weighted by molar-refractivity contribution is -0.115. The molecule has 4 aromatic rings. The van der Waals surface area contributed by atoms with Crippen LogP contribution >= 0.6 is 11.3 Å². The molecular weight excluding hydrogens is 398 g/mol. The van der Waals surface area contributed by atoms with Gasteiger partial charge >= 0.3 is 5.97 Å². The molecule has 150 valence electrons. The Labute approximate surface area is 177 Å². The highest BCUT2D eigenvalue weighted by Crippen LogP contribution is 2.17. The lowest BCUT2D eigenvalue weighted by Gasteiger charge is -2.06. The van der Waals surface area contributed by atoms with Gasteiger partial charge < -0.3 is 10.1 Å². The van der Waals surface area contributed by atoms with E-state index < -0.39 is 5.97 Å². The number of para-hydroxylation sites is 2. The third-order valence-corrected chi connectivity index (χ3v) is 5.39. The Hall–Kier alpha value is -3.58. The highest BCUT2D eigenvalue weighted by Gasteiger charge is 2.13. The fraction of sp³-hybridized carbons (Fsp3) is 0.130. The first-order valence-electron chi connectivity index (χ1n) is 9.40. The second kappa shape index (κ2) is 8.84. The van der Waals surface area contributed by atoms with E-state index in [1.54, 1.807) is 11.4 Å². The van der Waals surface area contributed by atoms with Crippen LogP contribution < -0.4 is 5.32 Å². The quantitative estimate of drug-likeness (QED) is 0.466. The molecule has 0 unspecified atom stereocenters. The Morgan fingerprint density at radius 1 is 1.00 bits per heavy atom. The number of rotatable bonds is 6. The van der Waals surface area contributed by atoms with Gasteiger partial charge in [-0.15, -0.1) is 11.3 Å². The molecule has 0 aliphatic carbocycles. The van der Waals surface area contributed by atoms with Gasteiger partial charge in [-0.05, 0) is 30.7 Å². The zero-order chi connectivity index (χ0) is 20.9. The van der Waals surface area contributed by atoms with Crippen molar-refractivity contribution in [3.63, 3.8) is 0 Å². The maximum Gasteiger partial charge on any atom is 0.357 e. The smallest absolute Gasteiger partial charge is 0.357 e. The monoisotopic (exact) mass is 417 g/mol. The summed E-state index contributed by atoms with van der Waals surface area (Å²) in [4.78, 5) is 33.3. The van der Waals surface area contributed by atoms with Crippen LogP contribution in [0.3, 0.4) is 0 Å². The Bertz CT molecular complexity index is 1220. The molecule has 2 aromatic heterocycles. The minimum atomic E-state index is -0.507. The number of pyridine rings is 1. The number of carbonyl (C=O) groups is 2. The summed E-state index contributed by atoms with van der Waals surface area (Å²) in [6.45, 7) is 1.97.